The highest BCUT2D eigenvalue weighted by Crippen LogP contribution is 2.29. The van der Waals surface area contributed by atoms with E-state index in [1.54, 1.807) is 0 Å². The van der Waals surface area contributed by atoms with E-state index in [2.05, 4.69) is 5.32 Å². The third-order valence-corrected chi connectivity index (χ3v) is 4.13. The molecule has 0 spiro atoms. The zero-order valence-corrected chi connectivity index (χ0v) is 15.6. The molecule has 1 atom stereocenters. The van der Waals surface area contributed by atoms with E-state index in [-0.39, 0.29) is 18.4 Å². The molecule has 0 saturated carbocycles. The molecule has 0 saturated heterocycles. The van der Waals surface area contributed by atoms with Crippen LogP contribution < -0.4 is 5.32 Å². The van der Waals surface area contributed by atoms with E-state index in [9.17, 15) is 27.9 Å². The molecule has 0 aliphatic rings. The molecule has 2 aromatic carbocycles. The van der Waals surface area contributed by atoms with Crippen molar-refractivity contribution in [1.82, 2.24) is 5.32 Å². The van der Waals surface area contributed by atoms with Gasteiger partial charge in [-0.3, -0.25) is 4.79 Å². The Hall–Kier alpha value is -2.87. The molecule has 2 N–H and O–H groups in total. The molecule has 156 valence electrons. The van der Waals surface area contributed by atoms with Crippen LogP contribution in [-0.4, -0.2) is 29.6 Å². The molecular weight excluding hydrogens is 387 g/mol. The number of rotatable bonds is 10. The number of aliphatic carboxylic acids is 1. The first kappa shape index (κ1) is 22.4. The van der Waals surface area contributed by atoms with Crippen molar-refractivity contribution in [3.63, 3.8) is 0 Å². The SMILES string of the molecule is O=C(CCCOCc1ccccc1)N[C@H](Cc1cccc(C(F)(F)F)c1)C(=O)O. The van der Waals surface area contributed by atoms with Crippen LogP contribution in [0.1, 0.15) is 29.5 Å². The Morgan fingerprint density at radius 2 is 1.72 bits per heavy atom. The molecule has 0 fully saturated rings. The monoisotopic (exact) mass is 409 g/mol. The Morgan fingerprint density at radius 3 is 2.38 bits per heavy atom. The van der Waals surface area contributed by atoms with E-state index < -0.39 is 29.7 Å². The number of benzene rings is 2. The Kier molecular flexibility index (Phi) is 8.21. The number of amides is 1. The highest BCUT2D eigenvalue weighted by atomic mass is 19.4. The van der Waals surface area contributed by atoms with Gasteiger partial charge in [0.15, 0.2) is 0 Å². The van der Waals surface area contributed by atoms with Crippen molar-refractivity contribution in [2.45, 2.75) is 38.1 Å². The van der Waals surface area contributed by atoms with E-state index in [4.69, 9.17) is 4.74 Å². The number of hydrogen-bond acceptors (Lipinski definition) is 3. The Labute approximate surface area is 166 Å². The molecule has 8 heteroatoms. The van der Waals surface area contributed by atoms with Gasteiger partial charge >= 0.3 is 12.1 Å². The lowest BCUT2D eigenvalue weighted by Gasteiger charge is -2.16. The summed E-state index contributed by atoms with van der Waals surface area (Å²) in [6, 6.07) is 12.6. The average Bonchev–Trinajstić information content (AvgIpc) is 2.67. The smallest absolute Gasteiger partial charge is 0.416 e. The van der Waals surface area contributed by atoms with Crippen LogP contribution in [0.2, 0.25) is 0 Å². The number of carbonyl (C=O) groups is 2. The summed E-state index contributed by atoms with van der Waals surface area (Å²) < 4.78 is 43.8. The van der Waals surface area contributed by atoms with Crippen LogP contribution in [0.25, 0.3) is 0 Å². The summed E-state index contributed by atoms with van der Waals surface area (Å²) in [5, 5.41) is 11.6. The maximum atomic E-state index is 12.8. The number of alkyl halides is 3. The standard InChI is InChI=1S/C21H22F3NO4/c22-21(23,24)17-9-4-8-16(12-17)13-18(20(27)28)25-19(26)10-5-11-29-14-15-6-2-1-3-7-15/h1-4,6-9,12,18H,5,10-11,13-14H2,(H,25,26)(H,27,28)/t18-/m1/s1. The minimum absolute atomic E-state index is 0.0567. The minimum atomic E-state index is -4.52. The topological polar surface area (TPSA) is 75.6 Å². The molecule has 0 heterocycles. The van der Waals surface area contributed by atoms with Crippen molar-refractivity contribution < 1.29 is 32.6 Å². The second kappa shape index (κ2) is 10.6. The van der Waals surface area contributed by atoms with Gasteiger partial charge in [-0.25, -0.2) is 4.79 Å². The number of halogens is 3. The highest BCUT2D eigenvalue weighted by molar-refractivity contribution is 5.83. The summed E-state index contributed by atoms with van der Waals surface area (Å²) >= 11 is 0. The molecule has 1 amide bonds. The van der Waals surface area contributed by atoms with Crippen LogP contribution in [-0.2, 0) is 33.5 Å². The Bertz CT molecular complexity index is 809. The minimum Gasteiger partial charge on any atom is -0.480 e. The maximum absolute atomic E-state index is 12.8. The van der Waals surface area contributed by atoms with Gasteiger partial charge in [0, 0.05) is 19.4 Å². The summed E-state index contributed by atoms with van der Waals surface area (Å²) in [5.74, 6) is -1.80. The van der Waals surface area contributed by atoms with Gasteiger partial charge in [-0.1, -0.05) is 48.5 Å². The van der Waals surface area contributed by atoms with Crippen molar-refractivity contribution >= 4 is 11.9 Å². The summed E-state index contributed by atoms with van der Waals surface area (Å²) in [7, 11) is 0. The molecule has 0 bridgehead atoms. The number of hydrogen-bond donors (Lipinski definition) is 2. The number of ether oxygens (including phenoxy) is 1. The van der Waals surface area contributed by atoms with Crippen LogP contribution in [0, 0.1) is 0 Å². The third kappa shape index (κ3) is 7.95. The van der Waals surface area contributed by atoms with Crippen LogP contribution >= 0.6 is 0 Å². The largest absolute Gasteiger partial charge is 0.480 e. The van der Waals surface area contributed by atoms with Gasteiger partial charge in [0.2, 0.25) is 5.91 Å². The van der Waals surface area contributed by atoms with Gasteiger partial charge in [0.25, 0.3) is 0 Å². The van der Waals surface area contributed by atoms with Crippen molar-refractivity contribution in [2.75, 3.05) is 6.61 Å². The Balaban J connectivity index is 1.79. The van der Waals surface area contributed by atoms with Crippen molar-refractivity contribution in [3.05, 3.63) is 71.3 Å². The predicted molar refractivity (Wildman–Crippen MR) is 100 cm³/mol. The lowest BCUT2D eigenvalue weighted by Crippen LogP contribution is -2.42. The number of carboxylic acids is 1. The van der Waals surface area contributed by atoms with Crippen LogP contribution in [0.5, 0.6) is 0 Å². The van der Waals surface area contributed by atoms with Crippen molar-refractivity contribution in [3.8, 4) is 0 Å². The van der Waals surface area contributed by atoms with Crippen LogP contribution in [0.4, 0.5) is 13.2 Å². The van der Waals surface area contributed by atoms with E-state index in [1.807, 2.05) is 30.3 Å². The molecule has 5 nitrogen and oxygen atoms in total. The highest BCUT2D eigenvalue weighted by Gasteiger charge is 2.31. The second-order valence-corrected chi connectivity index (χ2v) is 6.50. The van der Waals surface area contributed by atoms with Gasteiger partial charge < -0.3 is 15.2 Å². The van der Waals surface area contributed by atoms with Gasteiger partial charge in [0.05, 0.1) is 12.2 Å². The average molecular weight is 409 g/mol. The molecule has 0 aliphatic carbocycles. The first-order chi connectivity index (χ1) is 13.8. The fourth-order valence-corrected chi connectivity index (χ4v) is 2.68. The summed E-state index contributed by atoms with van der Waals surface area (Å²) in [6.45, 7) is 0.740. The summed E-state index contributed by atoms with van der Waals surface area (Å²) in [4.78, 5) is 23.4. The normalized spacial score (nSPS) is 12.4. The summed E-state index contributed by atoms with van der Waals surface area (Å²) in [5.41, 5.74) is 0.323. The van der Waals surface area contributed by atoms with E-state index in [0.29, 0.717) is 19.6 Å². The van der Waals surface area contributed by atoms with E-state index >= 15 is 0 Å². The fourth-order valence-electron chi connectivity index (χ4n) is 2.68. The Morgan fingerprint density at radius 1 is 1.03 bits per heavy atom. The van der Waals surface area contributed by atoms with Crippen molar-refractivity contribution in [1.29, 1.82) is 0 Å². The van der Waals surface area contributed by atoms with Crippen LogP contribution in [0.15, 0.2) is 54.6 Å². The zero-order valence-electron chi connectivity index (χ0n) is 15.6. The molecule has 0 aromatic heterocycles. The molecule has 29 heavy (non-hydrogen) atoms. The first-order valence-electron chi connectivity index (χ1n) is 9.05. The lowest BCUT2D eigenvalue weighted by molar-refractivity contribution is -0.141. The maximum Gasteiger partial charge on any atom is 0.416 e. The molecule has 2 rings (SSSR count). The number of carbonyl (C=O) groups excluding carboxylic acids is 1. The molecular formula is C21H22F3NO4. The van der Waals surface area contributed by atoms with Gasteiger partial charge in [0.1, 0.15) is 6.04 Å². The van der Waals surface area contributed by atoms with Gasteiger partial charge in [-0.15, -0.1) is 0 Å². The number of carboxylic acid groups (broad SMARTS) is 1. The van der Waals surface area contributed by atoms with Crippen molar-refractivity contribution in [2.24, 2.45) is 0 Å². The molecule has 0 aliphatic heterocycles. The van der Waals surface area contributed by atoms with Crippen LogP contribution in [0.3, 0.4) is 0 Å². The molecule has 2 aromatic rings. The first-order valence-corrected chi connectivity index (χ1v) is 9.05. The third-order valence-electron chi connectivity index (χ3n) is 4.13. The quantitative estimate of drug-likeness (QED) is 0.585. The van der Waals surface area contributed by atoms with E-state index in [0.717, 1.165) is 17.7 Å². The lowest BCUT2D eigenvalue weighted by atomic mass is 10.0. The van der Waals surface area contributed by atoms with Gasteiger partial charge in [-0.2, -0.15) is 13.2 Å². The fraction of sp³-hybridized carbons (Fsp3) is 0.333. The second-order valence-electron chi connectivity index (χ2n) is 6.50. The number of nitrogens with one attached hydrogen (secondary N) is 1. The summed E-state index contributed by atoms with van der Waals surface area (Å²) in [6.07, 6.45) is -4.30. The van der Waals surface area contributed by atoms with E-state index in [1.165, 1.54) is 12.1 Å². The van der Waals surface area contributed by atoms with Gasteiger partial charge in [-0.05, 0) is 23.6 Å². The molecule has 0 radical (unpaired) electrons. The predicted octanol–water partition coefficient (Wildman–Crippen LogP) is 3.81. The zero-order chi connectivity index (χ0) is 21.3. The molecule has 0 unspecified atom stereocenters.